The second-order valence-corrected chi connectivity index (χ2v) is 14.8. The maximum atomic E-state index is 6.36. The maximum absolute atomic E-state index is 6.36. The van der Waals surface area contributed by atoms with Gasteiger partial charge in [-0.25, -0.2) is 0 Å². The van der Waals surface area contributed by atoms with Crippen molar-refractivity contribution in [3.8, 4) is 0 Å². The van der Waals surface area contributed by atoms with Crippen LogP contribution in [0.1, 0.15) is 52.4 Å². The van der Waals surface area contributed by atoms with E-state index in [-0.39, 0.29) is 0 Å². The van der Waals surface area contributed by atoms with Crippen LogP contribution < -0.4 is 0 Å². The predicted octanol–water partition coefficient (Wildman–Crippen LogP) is 5.66. The van der Waals surface area contributed by atoms with Gasteiger partial charge in [0.25, 0.3) is 0 Å². The first-order chi connectivity index (χ1) is 6.12. The summed E-state index contributed by atoms with van der Waals surface area (Å²) < 4.78 is 2.28. The molecular formula is C10H22Cl2Ti. The van der Waals surface area contributed by atoms with Crippen LogP contribution in [0.2, 0.25) is 9.45 Å². The second-order valence-electron chi connectivity index (χ2n) is 3.77. The molecule has 0 aliphatic heterocycles. The van der Waals surface area contributed by atoms with Crippen LogP contribution in [0.25, 0.3) is 0 Å². The SMILES string of the molecule is CCCC[CH2][Ti]([Cl])([Cl])[CH2]CCCC. The molecule has 0 fully saturated rings. The summed E-state index contributed by atoms with van der Waals surface area (Å²) in [5, 5.41) is 0. The van der Waals surface area contributed by atoms with E-state index in [0.717, 1.165) is 9.45 Å². The fourth-order valence-electron chi connectivity index (χ4n) is 1.39. The van der Waals surface area contributed by atoms with Crippen molar-refractivity contribution in [2.45, 2.75) is 61.8 Å². The Balaban J connectivity index is 3.42. The second kappa shape index (κ2) is 8.59. The molecule has 0 heterocycles. The summed E-state index contributed by atoms with van der Waals surface area (Å²) in [5.41, 5.74) is 0. The molecule has 0 saturated heterocycles. The van der Waals surface area contributed by atoms with Crippen molar-refractivity contribution in [1.82, 2.24) is 0 Å². The van der Waals surface area contributed by atoms with Gasteiger partial charge in [0, 0.05) is 0 Å². The van der Waals surface area contributed by atoms with Crippen LogP contribution in [0, 0.1) is 0 Å². The normalized spacial score (nSPS) is 12.0. The minimum absolute atomic E-state index is 1.14. The molecule has 3 heteroatoms. The molecule has 0 unspecified atom stereocenters. The molecule has 0 amide bonds. The molecule has 0 atom stereocenters. The molecule has 0 saturated carbocycles. The van der Waals surface area contributed by atoms with E-state index in [1.54, 1.807) is 0 Å². The van der Waals surface area contributed by atoms with Crippen molar-refractivity contribution in [3.05, 3.63) is 0 Å². The van der Waals surface area contributed by atoms with Gasteiger partial charge in [-0.1, -0.05) is 0 Å². The molecule has 0 aromatic heterocycles. The Hall–Kier alpha value is 1.29. The van der Waals surface area contributed by atoms with Crippen LogP contribution in [-0.4, -0.2) is 0 Å². The van der Waals surface area contributed by atoms with Crippen LogP contribution in [0.3, 0.4) is 0 Å². The third-order valence-corrected chi connectivity index (χ3v) is 8.80. The third-order valence-electron chi connectivity index (χ3n) is 2.29. The summed E-state index contributed by atoms with van der Waals surface area (Å²) in [6, 6.07) is 0. The van der Waals surface area contributed by atoms with Gasteiger partial charge >= 0.3 is 94.9 Å². The van der Waals surface area contributed by atoms with Crippen molar-refractivity contribution < 1.29 is 14.5 Å². The number of hydrogen-bond donors (Lipinski definition) is 0. The Labute approximate surface area is 94.5 Å². The summed E-state index contributed by atoms with van der Waals surface area (Å²) in [6.07, 6.45) is 7.60. The molecule has 0 aromatic carbocycles. The molecule has 0 aliphatic carbocycles. The van der Waals surface area contributed by atoms with Crippen LogP contribution in [-0.2, 0) is 14.5 Å². The van der Waals surface area contributed by atoms with Gasteiger partial charge in [-0.05, 0) is 0 Å². The van der Waals surface area contributed by atoms with Crippen LogP contribution in [0.4, 0.5) is 0 Å². The molecule has 0 nitrogen and oxygen atoms in total. The van der Waals surface area contributed by atoms with Crippen molar-refractivity contribution >= 4 is 18.6 Å². The molecule has 0 aromatic rings. The molecule has 13 heavy (non-hydrogen) atoms. The van der Waals surface area contributed by atoms with Crippen molar-refractivity contribution in [1.29, 1.82) is 0 Å². The molecule has 0 spiro atoms. The standard InChI is InChI=1S/2C5H11.2ClH.Ti/c2*1-3-5-4-2;;;/h2*1,3-5H2,2H3;2*1H;/q;;;;+2/p-2. The zero-order chi connectivity index (χ0) is 10.2. The van der Waals surface area contributed by atoms with Gasteiger partial charge in [-0.2, -0.15) is 0 Å². The molecule has 0 N–H and O–H groups in total. The van der Waals surface area contributed by atoms with Gasteiger partial charge in [0.15, 0.2) is 0 Å². The summed E-state index contributed by atoms with van der Waals surface area (Å²) in [5.74, 6) is 0. The Bertz CT molecular complexity index is 103. The quantitative estimate of drug-likeness (QED) is 0.390. The van der Waals surface area contributed by atoms with Gasteiger partial charge in [0.05, 0.1) is 0 Å². The zero-order valence-corrected chi connectivity index (χ0v) is 12.0. The van der Waals surface area contributed by atoms with Gasteiger partial charge in [0.1, 0.15) is 0 Å². The van der Waals surface area contributed by atoms with Crippen molar-refractivity contribution in [3.63, 3.8) is 0 Å². The van der Waals surface area contributed by atoms with Gasteiger partial charge < -0.3 is 0 Å². The van der Waals surface area contributed by atoms with E-state index in [2.05, 4.69) is 13.8 Å². The summed E-state index contributed by atoms with van der Waals surface area (Å²) in [7, 11) is 12.7. The number of halogens is 2. The van der Waals surface area contributed by atoms with Crippen molar-refractivity contribution in [2.24, 2.45) is 0 Å². The topological polar surface area (TPSA) is 0 Å². The monoisotopic (exact) mass is 260 g/mol. The van der Waals surface area contributed by atoms with E-state index < -0.39 is 14.5 Å². The van der Waals surface area contributed by atoms with Gasteiger partial charge in [0.2, 0.25) is 0 Å². The summed E-state index contributed by atoms with van der Waals surface area (Å²) in [6.45, 7) is 4.43. The molecule has 0 radical (unpaired) electrons. The number of unbranched alkanes of at least 4 members (excludes halogenated alkanes) is 4. The first kappa shape index (κ1) is 14.3. The fourth-order valence-corrected chi connectivity index (χ4v) is 6.38. The van der Waals surface area contributed by atoms with Crippen LogP contribution in [0.5, 0.6) is 0 Å². The molecule has 0 rings (SSSR count). The van der Waals surface area contributed by atoms with Crippen molar-refractivity contribution in [2.75, 3.05) is 0 Å². The van der Waals surface area contributed by atoms with Crippen LogP contribution >= 0.6 is 18.6 Å². The first-order valence-corrected chi connectivity index (χ1v) is 12.0. The Morgan fingerprint density at radius 3 is 1.46 bits per heavy atom. The Morgan fingerprint density at radius 1 is 0.769 bits per heavy atom. The number of hydrogen-bond acceptors (Lipinski definition) is 0. The zero-order valence-electron chi connectivity index (χ0n) is 8.91. The minimum atomic E-state index is -2.32. The van der Waals surface area contributed by atoms with Crippen LogP contribution in [0.15, 0.2) is 0 Å². The Kier molecular flexibility index (Phi) is 9.45. The number of rotatable bonds is 8. The first-order valence-electron chi connectivity index (χ1n) is 5.50. The van der Waals surface area contributed by atoms with Gasteiger partial charge in [-0.15, -0.1) is 0 Å². The summed E-state index contributed by atoms with van der Waals surface area (Å²) >= 11 is -2.32. The Morgan fingerprint density at radius 2 is 1.15 bits per heavy atom. The molecule has 0 aliphatic rings. The molecule has 80 valence electrons. The van der Waals surface area contributed by atoms with E-state index in [4.69, 9.17) is 18.6 Å². The van der Waals surface area contributed by atoms with Gasteiger partial charge in [-0.3, -0.25) is 0 Å². The van der Waals surface area contributed by atoms with E-state index >= 15 is 0 Å². The summed E-state index contributed by atoms with van der Waals surface area (Å²) in [4.78, 5) is 0. The fraction of sp³-hybridized carbons (Fsp3) is 1.00. The molecule has 0 bridgehead atoms. The third kappa shape index (κ3) is 9.60. The van der Waals surface area contributed by atoms with E-state index in [1.165, 1.54) is 38.5 Å². The van der Waals surface area contributed by atoms with E-state index in [0.29, 0.717) is 0 Å². The average Bonchev–Trinajstić information content (AvgIpc) is 2.05. The predicted molar refractivity (Wildman–Crippen MR) is 60.4 cm³/mol. The van der Waals surface area contributed by atoms with E-state index in [1.807, 2.05) is 0 Å². The average molecular weight is 261 g/mol. The van der Waals surface area contributed by atoms with E-state index in [9.17, 15) is 0 Å². The molecular weight excluding hydrogens is 239 g/mol.